The highest BCUT2D eigenvalue weighted by Crippen LogP contribution is 2.26. The summed E-state index contributed by atoms with van der Waals surface area (Å²) in [5.74, 6) is -0.285. The first kappa shape index (κ1) is 17.1. The lowest BCUT2D eigenvalue weighted by atomic mass is 10.3. The van der Waals surface area contributed by atoms with E-state index in [4.69, 9.17) is 17.7 Å². The molecule has 0 unspecified atom stereocenters. The molecule has 0 aliphatic rings. The van der Waals surface area contributed by atoms with Crippen molar-refractivity contribution < 1.29 is 27.5 Å². The number of nitro groups is 2. The zero-order chi connectivity index (χ0) is 19.7. The molecule has 0 radical (unpaired) electrons. The van der Waals surface area contributed by atoms with Gasteiger partial charge < -0.3 is 17.7 Å². The number of aryl methyl sites for hydroxylation is 2. The van der Waals surface area contributed by atoms with Crippen LogP contribution in [0.1, 0.15) is 11.8 Å². The summed E-state index contributed by atoms with van der Waals surface area (Å²) in [7, 11) is 0. The zero-order valence-corrected chi connectivity index (χ0v) is 13.7. The van der Waals surface area contributed by atoms with E-state index in [0.717, 1.165) is 0 Å². The van der Waals surface area contributed by atoms with Crippen LogP contribution in [0.2, 0.25) is 0 Å². The maximum Gasteiger partial charge on any atom is 0.433 e. The average Bonchev–Trinajstić information content (AvgIpc) is 3.46. The molecular formula is C14H8N6O8. The van der Waals surface area contributed by atoms with Crippen molar-refractivity contribution in [3.63, 3.8) is 0 Å². The molecule has 0 aromatic carbocycles. The highest BCUT2D eigenvalue weighted by atomic mass is 16.7. The number of nitrogens with zero attached hydrogens (tertiary/aromatic N) is 6. The third-order valence-corrected chi connectivity index (χ3v) is 3.45. The topological polar surface area (TPSA) is 190 Å². The minimum atomic E-state index is -0.679. The molecule has 14 heteroatoms. The fourth-order valence-electron chi connectivity index (χ4n) is 2.20. The molecule has 14 nitrogen and oxygen atoms in total. The lowest BCUT2D eigenvalue weighted by Gasteiger charge is -1.91. The quantitative estimate of drug-likeness (QED) is 0.332. The van der Waals surface area contributed by atoms with Gasteiger partial charge >= 0.3 is 11.8 Å². The molecule has 4 rings (SSSR count). The third kappa shape index (κ3) is 3.33. The standard InChI is InChI=1S/C14H8N6O8/c21-19(22)11-5-1-7(25-11)13-17-15-9(27-13)3-4-10-16-18-14(28-10)8-2-6-12(26-8)20(23)24/h1-2,5-6H,3-4H2. The lowest BCUT2D eigenvalue weighted by molar-refractivity contribution is -0.402. The maximum absolute atomic E-state index is 10.6. The first-order chi connectivity index (χ1) is 13.5. The lowest BCUT2D eigenvalue weighted by Crippen LogP contribution is -1.91. The Balaban J connectivity index is 1.41. The Kier molecular flexibility index (Phi) is 4.11. The molecule has 4 aromatic heterocycles. The normalized spacial score (nSPS) is 11.0. The second-order valence-corrected chi connectivity index (χ2v) is 5.29. The summed E-state index contributed by atoms with van der Waals surface area (Å²) in [5.41, 5.74) is 0. The van der Waals surface area contributed by atoms with Gasteiger partial charge in [0.15, 0.2) is 11.5 Å². The van der Waals surface area contributed by atoms with Crippen LogP contribution in [0.25, 0.3) is 23.3 Å². The minimum Gasteiger partial charge on any atom is -0.418 e. The summed E-state index contributed by atoms with van der Waals surface area (Å²) in [4.78, 5) is 19.9. The van der Waals surface area contributed by atoms with E-state index in [1.54, 1.807) is 0 Å². The third-order valence-electron chi connectivity index (χ3n) is 3.45. The molecule has 142 valence electrons. The summed E-state index contributed by atoms with van der Waals surface area (Å²) in [6.45, 7) is 0. The summed E-state index contributed by atoms with van der Waals surface area (Å²) in [5, 5.41) is 36.4. The van der Waals surface area contributed by atoms with Crippen LogP contribution in [0.5, 0.6) is 0 Å². The monoisotopic (exact) mass is 388 g/mol. The molecule has 0 saturated heterocycles. The van der Waals surface area contributed by atoms with Gasteiger partial charge in [-0.1, -0.05) is 0 Å². The Morgan fingerprint density at radius 1 is 0.679 bits per heavy atom. The molecule has 0 fully saturated rings. The van der Waals surface area contributed by atoms with Gasteiger partial charge in [0, 0.05) is 12.8 Å². The maximum atomic E-state index is 10.6. The smallest absolute Gasteiger partial charge is 0.418 e. The van der Waals surface area contributed by atoms with E-state index in [9.17, 15) is 20.2 Å². The van der Waals surface area contributed by atoms with Crippen LogP contribution < -0.4 is 0 Å². The van der Waals surface area contributed by atoms with Gasteiger partial charge in [0.2, 0.25) is 11.8 Å². The van der Waals surface area contributed by atoms with Crippen LogP contribution in [0.4, 0.5) is 11.8 Å². The number of aromatic nitrogens is 4. The van der Waals surface area contributed by atoms with E-state index in [1.807, 2.05) is 0 Å². The molecule has 0 spiro atoms. The van der Waals surface area contributed by atoms with Crippen molar-refractivity contribution in [1.29, 1.82) is 0 Å². The second-order valence-electron chi connectivity index (χ2n) is 5.29. The number of hydrogen-bond acceptors (Lipinski definition) is 12. The van der Waals surface area contributed by atoms with Gasteiger partial charge in [-0.3, -0.25) is 20.2 Å². The summed E-state index contributed by atoms with van der Waals surface area (Å²) < 4.78 is 20.7. The van der Waals surface area contributed by atoms with Gasteiger partial charge in [0.05, 0.1) is 12.1 Å². The largest absolute Gasteiger partial charge is 0.433 e. The molecule has 0 N–H and O–H groups in total. The summed E-state index contributed by atoms with van der Waals surface area (Å²) in [6.07, 6.45) is 0.492. The SMILES string of the molecule is O=[N+]([O-])c1ccc(-c2nnc(CCc3nnc(-c4ccc([N+](=O)[O-])o4)o3)o2)o1. The Morgan fingerprint density at radius 2 is 1.11 bits per heavy atom. The molecule has 0 bridgehead atoms. The zero-order valence-electron chi connectivity index (χ0n) is 13.7. The van der Waals surface area contributed by atoms with E-state index < -0.39 is 21.6 Å². The highest BCUT2D eigenvalue weighted by Gasteiger charge is 2.20. The number of furan rings is 2. The Bertz CT molecular complexity index is 1060. The number of hydrogen-bond donors (Lipinski definition) is 0. The van der Waals surface area contributed by atoms with Crippen molar-refractivity contribution >= 4 is 11.8 Å². The molecule has 0 saturated carbocycles. The fourth-order valence-corrected chi connectivity index (χ4v) is 2.20. The minimum absolute atomic E-state index is 0.00258. The molecule has 28 heavy (non-hydrogen) atoms. The fraction of sp³-hybridized carbons (Fsp3) is 0.143. The summed E-state index contributed by atoms with van der Waals surface area (Å²) in [6, 6.07) is 5.06. The van der Waals surface area contributed by atoms with Gasteiger partial charge in [-0.2, -0.15) is 0 Å². The van der Waals surface area contributed by atoms with Crippen LogP contribution in [0.3, 0.4) is 0 Å². The summed E-state index contributed by atoms with van der Waals surface area (Å²) >= 11 is 0. The molecule has 0 aliphatic heterocycles. The van der Waals surface area contributed by atoms with E-state index >= 15 is 0 Å². The van der Waals surface area contributed by atoms with Crippen molar-refractivity contribution in [2.24, 2.45) is 0 Å². The van der Waals surface area contributed by atoms with Crippen LogP contribution >= 0.6 is 0 Å². The molecule has 4 aromatic rings. The van der Waals surface area contributed by atoms with Gasteiger partial charge in [-0.15, -0.1) is 20.4 Å². The van der Waals surface area contributed by atoms with Crippen LogP contribution in [0.15, 0.2) is 41.9 Å². The van der Waals surface area contributed by atoms with Crippen molar-refractivity contribution in [1.82, 2.24) is 20.4 Å². The Hall–Kier alpha value is -4.36. The van der Waals surface area contributed by atoms with Crippen LogP contribution in [-0.2, 0) is 12.8 Å². The molecule has 0 aliphatic carbocycles. The van der Waals surface area contributed by atoms with Crippen LogP contribution in [0, 0.1) is 20.2 Å². The molecule has 0 atom stereocenters. The van der Waals surface area contributed by atoms with Crippen molar-refractivity contribution in [3.8, 4) is 23.3 Å². The second kappa shape index (κ2) is 6.75. The molecular weight excluding hydrogens is 380 g/mol. The first-order valence-corrected chi connectivity index (χ1v) is 7.63. The predicted octanol–water partition coefficient (Wildman–Crippen LogP) is 2.57. The Morgan fingerprint density at radius 3 is 1.46 bits per heavy atom. The predicted molar refractivity (Wildman–Crippen MR) is 84.7 cm³/mol. The van der Waals surface area contributed by atoms with Gasteiger partial charge in [0.25, 0.3) is 11.8 Å². The molecule has 4 heterocycles. The van der Waals surface area contributed by atoms with Crippen molar-refractivity contribution in [3.05, 3.63) is 56.3 Å². The Labute approximate surface area is 153 Å². The van der Waals surface area contributed by atoms with Crippen molar-refractivity contribution in [2.75, 3.05) is 0 Å². The average molecular weight is 388 g/mol. The van der Waals surface area contributed by atoms with Gasteiger partial charge in [-0.25, -0.2) is 0 Å². The van der Waals surface area contributed by atoms with Crippen LogP contribution in [-0.4, -0.2) is 30.2 Å². The van der Waals surface area contributed by atoms with Gasteiger partial charge in [0.1, 0.15) is 9.85 Å². The molecule has 0 amide bonds. The van der Waals surface area contributed by atoms with E-state index in [-0.39, 0.29) is 47.9 Å². The first-order valence-electron chi connectivity index (χ1n) is 7.63. The van der Waals surface area contributed by atoms with Crippen molar-refractivity contribution in [2.45, 2.75) is 12.8 Å². The van der Waals surface area contributed by atoms with Gasteiger partial charge in [-0.05, 0) is 12.1 Å². The van der Waals surface area contributed by atoms with E-state index in [1.165, 1.54) is 24.3 Å². The van der Waals surface area contributed by atoms with E-state index in [2.05, 4.69) is 20.4 Å². The van der Waals surface area contributed by atoms with E-state index in [0.29, 0.717) is 0 Å². The number of rotatable bonds is 7. The highest BCUT2D eigenvalue weighted by molar-refractivity contribution is 5.46.